The number of aromatic amines is 2. The molecule has 2 aromatic rings. The number of ether oxygens (including phenoxy) is 1. The molecule has 5 heteroatoms. The molecule has 23 heavy (non-hydrogen) atoms. The third kappa shape index (κ3) is 8.55. The molecule has 0 amide bonds. The van der Waals surface area contributed by atoms with Crippen LogP contribution in [0.1, 0.15) is 62.8 Å². The molecule has 0 radical (unpaired) electrons. The van der Waals surface area contributed by atoms with Crippen LogP contribution in [-0.2, 0) is 17.6 Å². The summed E-state index contributed by atoms with van der Waals surface area (Å²) < 4.78 is 5.71. The molecule has 0 fully saturated rings. The second kappa shape index (κ2) is 11.9. The maximum atomic E-state index is 5.71. The van der Waals surface area contributed by atoms with Gasteiger partial charge in [-0.2, -0.15) is 0 Å². The van der Waals surface area contributed by atoms with Gasteiger partial charge in [0, 0.05) is 37.0 Å². The average molecular weight is 318 g/mol. The van der Waals surface area contributed by atoms with Crippen molar-refractivity contribution in [1.82, 2.24) is 19.9 Å². The molecule has 0 atom stereocenters. The van der Waals surface area contributed by atoms with Crippen LogP contribution in [-0.4, -0.2) is 33.1 Å². The number of aromatic nitrogens is 4. The average Bonchev–Trinajstić information content (AvgIpc) is 3.25. The first-order valence-electron chi connectivity index (χ1n) is 8.97. The molecule has 0 spiro atoms. The van der Waals surface area contributed by atoms with Gasteiger partial charge in [-0.05, 0) is 38.5 Å². The minimum atomic E-state index is 0.915. The Labute approximate surface area is 139 Å². The molecule has 2 heterocycles. The first kappa shape index (κ1) is 17.7. The Balaban J connectivity index is 1.27. The Bertz CT molecular complexity index is 423. The lowest BCUT2D eigenvalue weighted by Gasteiger charge is -2.04. The van der Waals surface area contributed by atoms with Crippen molar-refractivity contribution in [2.75, 3.05) is 13.2 Å². The van der Waals surface area contributed by atoms with E-state index in [0.717, 1.165) is 26.1 Å². The number of nitrogens with one attached hydrogen (secondary N) is 2. The van der Waals surface area contributed by atoms with Crippen LogP contribution in [0.25, 0.3) is 0 Å². The van der Waals surface area contributed by atoms with Crippen molar-refractivity contribution in [3.8, 4) is 0 Å². The van der Waals surface area contributed by atoms with Gasteiger partial charge in [-0.1, -0.05) is 25.7 Å². The van der Waals surface area contributed by atoms with E-state index in [-0.39, 0.29) is 0 Å². The van der Waals surface area contributed by atoms with Crippen LogP contribution in [0.3, 0.4) is 0 Å². The predicted molar refractivity (Wildman–Crippen MR) is 92.3 cm³/mol. The molecule has 0 aliphatic heterocycles. The standard InChI is InChI=1S/C18H30N4O/c1(5-9-17-13-19-15-21-17)3-7-11-23-12-8-4-2-6-10-18-14-20-16-22-18/h13-16H,1-12H2,(H,19,21)(H,20,22). The summed E-state index contributed by atoms with van der Waals surface area (Å²) in [5.41, 5.74) is 2.49. The van der Waals surface area contributed by atoms with E-state index in [4.69, 9.17) is 4.74 Å². The Hall–Kier alpha value is -1.62. The third-order valence-corrected chi connectivity index (χ3v) is 4.08. The lowest BCUT2D eigenvalue weighted by Crippen LogP contribution is -1.97. The summed E-state index contributed by atoms with van der Waals surface area (Å²) in [5, 5.41) is 0. The van der Waals surface area contributed by atoms with Crippen LogP contribution in [0.4, 0.5) is 0 Å². The number of hydrogen-bond donors (Lipinski definition) is 2. The lowest BCUT2D eigenvalue weighted by atomic mass is 10.1. The highest BCUT2D eigenvalue weighted by atomic mass is 16.5. The number of H-pyrrole nitrogens is 2. The van der Waals surface area contributed by atoms with E-state index >= 15 is 0 Å². The van der Waals surface area contributed by atoms with E-state index in [1.807, 2.05) is 12.4 Å². The molecule has 0 aliphatic carbocycles. The molecule has 0 aromatic carbocycles. The molecule has 5 nitrogen and oxygen atoms in total. The summed E-state index contributed by atoms with van der Waals surface area (Å²) >= 11 is 0. The Morgan fingerprint density at radius 3 is 1.57 bits per heavy atom. The fraction of sp³-hybridized carbons (Fsp3) is 0.667. The SMILES string of the molecule is c1ncc(CCCCCCOCCCCCCc2cnc[nH]2)[nH]1. The normalized spacial score (nSPS) is 11.1. The fourth-order valence-corrected chi connectivity index (χ4v) is 2.69. The maximum absolute atomic E-state index is 5.71. The molecule has 0 saturated heterocycles. The zero-order valence-electron chi connectivity index (χ0n) is 14.1. The van der Waals surface area contributed by atoms with Crippen LogP contribution in [0, 0.1) is 0 Å². The van der Waals surface area contributed by atoms with Gasteiger partial charge in [0.05, 0.1) is 12.7 Å². The maximum Gasteiger partial charge on any atom is 0.0921 e. The van der Waals surface area contributed by atoms with Crippen LogP contribution >= 0.6 is 0 Å². The number of nitrogens with zero attached hydrogens (tertiary/aromatic N) is 2. The zero-order chi connectivity index (χ0) is 16.0. The molecule has 0 aliphatic rings. The van der Waals surface area contributed by atoms with Gasteiger partial charge in [-0.15, -0.1) is 0 Å². The van der Waals surface area contributed by atoms with Crippen molar-refractivity contribution in [2.24, 2.45) is 0 Å². The van der Waals surface area contributed by atoms with Gasteiger partial charge in [0.25, 0.3) is 0 Å². The minimum absolute atomic E-state index is 0.915. The van der Waals surface area contributed by atoms with Gasteiger partial charge in [-0.25, -0.2) is 9.97 Å². The number of aryl methyl sites for hydroxylation is 2. The Morgan fingerprint density at radius 1 is 0.652 bits per heavy atom. The van der Waals surface area contributed by atoms with Crippen molar-refractivity contribution in [3.63, 3.8) is 0 Å². The molecule has 128 valence electrons. The second-order valence-electron chi connectivity index (χ2n) is 6.09. The molecule has 2 rings (SSSR count). The number of rotatable bonds is 14. The predicted octanol–water partition coefficient (Wildman–Crippen LogP) is 4.06. The first-order chi connectivity index (χ1) is 11.4. The molecular formula is C18H30N4O. The largest absolute Gasteiger partial charge is 0.381 e. The highest BCUT2D eigenvalue weighted by molar-refractivity contribution is 4.94. The van der Waals surface area contributed by atoms with E-state index < -0.39 is 0 Å². The van der Waals surface area contributed by atoms with Crippen molar-refractivity contribution >= 4 is 0 Å². The summed E-state index contributed by atoms with van der Waals surface area (Å²) in [6.07, 6.45) is 19.5. The van der Waals surface area contributed by atoms with Crippen LogP contribution in [0.15, 0.2) is 25.0 Å². The van der Waals surface area contributed by atoms with Crippen LogP contribution < -0.4 is 0 Å². The van der Waals surface area contributed by atoms with Gasteiger partial charge in [-0.3, -0.25) is 0 Å². The van der Waals surface area contributed by atoms with Crippen molar-refractivity contribution < 1.29 is 4.74 Å². The third-order valence-electron chi connectivity index (χ3n) is 4.08. The van der Waals surface area contributed by atoms with Gasteiger partial charge in [0.15, 0.2) is 0 Å². The summed E-state index contributed by atoms with van der Waals surface area (Å²) in [6.45, 7) is 1.83. The highest BCUT2D eigenvalue weighted by Gasteiger charge is 1.96. The topological polar surface area (TPSA) is 66.6 Å². The van der Waals surface area contributed by atoms with E-state index in [1.165, 1.54) is 62.8 Å². The Morgan fingerprint density at radius 2 is 1.13 bits per heavy atom. The summed E-state index contributed by atoms with van der Waals surface area (Å²) in [5.74, 6) is 0. The number of hydrogen-bond acceptors (Lipinski definition) is 3. The molecular weight excluding hydrogens is 288 g/mol. The molecule has 2 N–H and O–H groups in total. The molecule has 0 bridgehead atoms. The zero-order valence-corrected chi connectivity index (χ0v) is 14.1. The van der Waals surface area contributed by atoms with Gasteiger partial charge in [0.1, 0.15) is 0 Å². The minimum Gasteiger partial charge on any atom is -0.381 e. The number of imidazole rings is 2. The smallest absolute Gasteiger partial charge is 0.0921 e. The van der Waals surface area contributed by atoms with Gasteiger partial charge in [0.2, 0.25) is 0 Å². The summed E-state index contributed by atoms with van der Waals surface area (Å²) in [6, 6.07) is 0. The van der Waals surface area contributed by atoms with Gasteiger partial charge >= 0.3 is 0 Å². The monoisotopic (exact) mass is 318 g/mol. The van der Waals surface area contributed by atoms with E-state index in [2.05, 4.69) is 19.9 Å². The van der Waals surface area contributed by atoms with Gasteiger partial charge < -0.3 is 14.7 Å². The highest BCUT2D eigenvalue weighted by Crippen LogP contribution is 2.07. The second-order valence-corrected chi connectivity index (χ2v) is 6.09. The van der Waals surface area contributed by atoms with E-state index in [9.17, 15) is 0 Å². The van der Waals surface area contributed by atoms with Crippen LogP contribution in [0.5, 0.6) is 0 Å². The van der Waals surface area contributed by atoms with Crippen molar-refractivity contribution in [3.05, 3.63) is 36.4 Å². The summed E-state index contributed by atoms with van der Waals surface area (Å²) in [7, 11) is 0. The molecule has 0 saturated carbocycles. The fourth-order valence-electron chi connectivity index (χ4n) is 2.69. The Kier molecular flexibility index (Phi) is 9.16. The van der Waals surface area contributed by atoms with E-state index in [1.54, 1.807) is 12.7 Å². The molecule has 2 aromatic heterocycles. The molecule has 0 unspecified atom stereocenters. The summed E-state index contributed by atoms with van der Waals surface area (Å²) in [4.78, 5) is 14.3. The number of unbranched alkanes of at least 4 members (excludes halogenated alkanes) is 6. The van der Waals surface area contributed by atoms with E-state index in [0.29, 0.717) is 0 Å². The lowest BCUT2D eigenvalue weighted by molar-refractivity contribution is 0.125. The van der Waals surface area contributed by atoms with Crippen LogP contribution in [0.2, 0.25) is 0 Å². The quantitative estimate of drug-likeness (QED) is 0.516. The van der Waals surface area contributed by atoms with Crippen molar-refractivity contribution in [1.29, 1.82) is 0 Å². The van der Waals surface area contributed by atoms with Crippen molar-refractivity contribution in [2.45, 2.75) is 64.2 Å². The first-order valence-corrected chi connectivity index (χ1v) is 8.97.